The highest BCUT2D eigenvalue weighted by molar-refractivity contribution is 5.87. The molecular weight excluding hydrogens is 582 g/mol. The van der Waals surface area contributed by atoms with Gasteiger partial charge in [-0.25, -0.2) is 0 Å². The molecule has 0 radical (unpaired) electrons. The molecule has 4 N–H and O–H groups in total. The number of nitrogens with zero attached hydrogens (tertiary/aromatic N) is 1. The summed E-state index contributed by atoms with van der Waals surface area (Å²) in [6.07, 6.45) is 21.4. The molecule has 8 nitrogen and oxygen atoms in total. The topological polar surface area (TPSA) is 128 Å². The van der Waals surface area contributed by atoms with E-state index in [0.29, 0.717) is 13.0 Å². The van der Waals surface area contributed by atoms with E-state index in [0.717, 1.165) is 44.9 Å². The van der Waals surface area contributed by atoms with Crippen molar-refractivity contribution >= 4 is 11.7 Å². The van der Waals surface area contributed by atoms with Gasteiger partial charge in [0.25, 0.3) is 0 Å². The molecule has 0 saturated carbocycles. The van der Waals surface area contributed by atoms with Gasteiger partial charge in [0.15, 0.2) is 12.0 Å². The van der Waals surface area contributed by atoms with Crippen LogP contribution in [0.15, 0.2) is 0 Å². The molecule has 1 amide bonds. The molecule has 0 aliphatic carbocycles. The van der Waals surface area contributed by atoms with Crippen LogP contribution >= 0.6 is 0 Å². The van der Waals surface area contributed by atoms with Gasteiger partial charge in [0.1, 0.15) is 30.5 Å². The van der Waals surface area contributed by atoms with Gasteiger partial charge in [-0.05, 0) is 19.8 Å². The molecule has 0 aromatic carbocycles. The van der Waals surface area contributed by atoms with E-state index in [2.05, 4.69) is 13.8 Å². The number of hydrogen-bond donors (Lipinski definition) is 4. The smallest absolute Gasteiger partial charge is 0.224 e. The first-order valence-corrected chi connectivity index (χ1v) is 19.5. The number of rotatable bonds is 30. The lowest BCUT2D eigenvalue weighted by molar-refractivity contribution is -0.253. The Morgan fingerprint density at radius 3 is 1.33 bits per heavy atom. The predicted octanol–water partition coefficient (Wildman–Crippen LogP) is 7.75. The van der Waals surface area contributed by atoms with Crippen LogP contribution in [0.25, 0.3) is 0 Å². The Morgan fingerprint density at radius 2 is 0.935 bits per heavy atom. The van der Waals surface area contributed by atoms with Crippen molar-refractivity contribution in [3.63, 3.8) is 0 Å². The third kappa shape index (κ3) is 18.5. The number of ether oxygens (including phenoxy) is 1. The zero-order valence-corrected chi connectivity index (χ0v) is 30.0. The largest absolute Gasteiger partial charge is 0.387 e. The summed E-state index contributed by atoms with van der Waals surface area (Å²) in [6.45, 7) is 6.09. The lowest BCUT2D eigenvalue weighted by Crippen LogP contribution is -2.65. The molecule has 0 spiro atoms. The summed E-state index contributed by atoms with van der Waals surface area (Å²) in [4.78, 5) is 27.4. The summed E-state index contributed by atoms with van der Waals surface area (Å²) in [5.41, 5.74) is 0. The summed E-state index contributed by atoms with van der Waals surface area (Å²) < 4.78 is 5.79. The molecular formula is C38H73NO7. The number of carbonyl (C=O) groups is 2. The number of ketones is 1. The van der Waals surface area contributed by atoms with Crippen LogP contribution in [0.3, 0.4) is 0 Å². The fourth-order valence-electron chi connectivity index (χ4n) is 6.55. The molecule has 1 saturated heterocycles. The summed E-state index contributed by atoms with van der Waals surface area (Å²) in [5, 5.41) is 41.6. The Balaban J connectivity index is 2.49. The SMILES string of the molecule is CCCCCCCCCCCCCCCCCCN(C(=O)CCCCCCCCCCC)[C@@H]1O[C@H](C(=O)C(C)O)[C@@H](O)[C@H](O)[C@H]1O. The third-order valence-corrected chi connectivity index (χ3v) is 9.65. The zero-order chi connectivity index (χ0) is 34.0. The van der Waals surface area contributed by atoms with Crippen LogP contribution in [0.2, 0.25) is 0 Å². The van der Waals surface area contributed by atoms with Crippen LogP contribution in [0.5, 0.6) is 0 Å². The van der Waals surface area contributed by atoms with Gasteiger partial charge in [-0.2, -0.15) is 0 Å². The van der Waals surface area contributed by atoms with E-state index in [1.807, 2.05) is 0 Å². The molecule has 1 unspecified atom stereocenters. The Bertz CT molecular complexity index is 749. The van der Waals surface area contributed by atoms with Crippen LogP contribution in [0.1, 0.15) is 188 Å². The fraction of sp³-hybridized carbons (Fsp3) is 0.947. The van der Waals surface area contributed by atoms with Gasteiger partial charge in [0, 0.05) is 13.0 Å². The van der Waals surface area contributed by atoms with Crippen LogP contribution in [-0.2, 0) is 14.3 Å². The van der Waals surface area contributed by atoms with E-state index in [9.17, 15) is 30.0 Å². The molecule has 1 rings (SSSR count). The highest BCUT2D eigenvalue weighted by Crippen LogP contribution is 2.27. The molecule has 46 heavy (non-hydrogen) atoms. The first kappa shape index (κ1) is 43.0. The first-order chi connectivity index (χ1) is 22.3. The summed E-state index contributed by atoms with van der Waals surface area (Å²) in [7, 11) is 0. The minimum atomic E-state index is -1.68. The Hall–Kier alpha value is -1.06. The Morgan fingerprint density at radius 1 is 0.565 bits per heavy atom. The number of aliphatic hydroxyl groups is 4. The quantitative estimate of drug-likeness (QED) is 0.0583. The average molecular weight is 656 g/mol. The molecule has 0 aromatic rings. The maximum absolute atomic E-state index is 13.4. The van der Waals surface area contributed by atoms with Gasteiger partial charge >= 0.3 is 0 Å². The lowest BCUT2D eigenvalue weighted by Gasteiger charge is -2.44. The first-order valence-electron chi connectivity index (χ1n) is 19.5. The van der Waals surface area contributed by atoms with Gasteiger partial charge in [0.2, 0.25) is 5.91 Å². The van der Waals surface area contributed by atoms with Crippen LogP contribution in [-0.4, -0.2) is 80.3 Å². The molecule has 0 aromatic heterocycles. The minimum Gasteiger partial charge on any atom is -0.387 e. The molecule has 272 valence electrons. The molecule has 0 bridgehead atoms. The van der Waals surface area contributed by atoms with Crippen molar-refractivity contribution in [1.29, 1.82) is 0 Å². The van der Waals surface area contributed by atoms with Gasteiger partial charge in [-0.15, -0.1) is 0 Å². The highest BCUT2D eigenvalue weighted by Gasteiger charge is 2.49. The van der Waals surface area contributed by atoms with Gasteiger partial charge in [-0.3, -0.25) is 9.59 Å². The maximum atomic E-state index is 13.4. The van der Waals surface area contributed by atoms with Gasteiger partial charge in [0.05, 0.1) is 0 Å². The maximum Gasteiger partial charge on any atom is 0.224 e. The molecule has 1 aliphatic rings. The number of aliphatic hydroxyl groups excluding tert-OH is 4. The molecule has 8 heteroatoms. The molecule has 1 fully saturated rings. The number of amides is 1. The minimum absolute atomic E-state index is 0.181. The lowest BCUT2D eigenvalue weighted by atomic mass is 9.93. The normalized spacial score (nSPS) is 22.2. The fourth-order valence-corrected chi connectivity index (χ4v) is 6.55. The van der Waals surface area contributed by atoms with Crippen molar-refractivity contribution in [1.82, 2.24) is 4.90 Å². The van der Waals surface area contributed by atoms with Crippen molar-refractivity contribution in [2.75, 3.05) is 6.54 Å². The van der Waals surface area contributed by atoms with Crippen molar-refractivity contribution < 1.29 is 34.8 Å². The molecule has 1 heterocycles. The average Bonchev–Trinajstić information content (AvgIpc) is 3.04. The molecule has 6 atom stereocenters. The predicted molar refractivity (Wildman–Crippen MR) is 186 cm³/mol. The number of hydrogen-bond acceptors (Lipinski definition) is 7. The van der Waals surface area contributed by atoms with Crippen molar-refractivity contribution in [2.45, 2.75) is 224 Å². The Labute approximate surface area is 282 Å². The van der Waals surface area contributed by atoms with Crippen LogP contribution in [0, 0.1) is 0 Å². The Kier molecular flexibility index (Phi) is 26.0. The van der Waals surface area contributed by atoms with Crippen LogP contribution in [0.4, 0.5) is 0 Å². The third-order valence-electron chi connectivity index (χ3n) is 9.65. The van der Waals surface area contributed by atoms with Crippen molar-refractivity contribution in [3.05, 3.63) is 0 Å². The second-order valence-corrected chi connectivity index (χ2v) is 14.0. The van der Waals surface area contributed by atoms with E-state index >= 15 is 0 Å². The second kappa shape index (κ2) is 27.8. The highest BCUT2D eigenvalue weighted by atomic mass is 16.6. The number of carbonyl (C=O) groups excluding carboxylic acids is 2. The van der Waals surface area contributed by atoms with Crippen molar-refractivity contribution in [2.24, 2.45) is 0 Å². The van der Waals surface area contributed by atoms with Gasteiger partial charge in [-0.1, -0.05) is 162 Å². The van der Waals surface area contributed by atoms with E-state index in [1.54, 1.807) is 0 Å². The zero-order valence-electron chi connectivity index (χ0n) is 30.0. The summed E-state index contributed by atoms with van der Waals surface area (Å²) in [5.74, 6) is -0.961. The van der Waals surface area contributed by atoms with E-state index < -0.39 is 42.5 Å². The second-order valence-electron chi connectivity index (χ2n) is 14.0. The summed E-state index contributed by atoms with van der Waals surface area (Å²) in [6, 6.07) is 0. The van der Waals surface area contributed by atoms with Gasteiger partial charge < -0.3 is 30.1 Å². The molecule has 1 aliphatic heterocycles. The number of unbranched alkanes of at least 4 members (excludes halogenated alkanes) is 23. The standard InChI is InChI=1S/C38H73NO7/c1-4-6-8-10-12-14-15-16-17-18-19-20-22-24-26-28-30-39(32(41)29-27-25-23-21-13-11-9-7-5-2)38-36(45)34(43)35(44)37(46-38)33(42)31(3)40/h31,34-38,40,43-45H,4-30H2,1-3H3/t31?,34-,35-,36+,37+,38+/m0/s1. The monoisotopic (exact) mass is 656 g/mol. The van der Waals surface area contributed by atoms with Crippen molar-refractivity contribution in [3.8, 4) is 0 Å². The summed E-state index contributed by atoms with van der Waals surface area (Å²) >= 11 is 0. The van der Waals surface area contributed by atoms with Crippen LogP contribution < -0.4 is 0 Å². The van der Waals surface area contributed by atoms with E-state index in [1.165, 1.54) is 127 Å². The number of Topliss-reactive ketones (excluding diaryl/α,β-unsaturated/α-hetero) is 1. The van der Waals surface area contributed by atoms with E-state index in [-0.39, 0.29) is 5.91 Å². The van der Waals surface area contributed by atoms with E-state index in [4.69, 9.17) is 4.74 Å².